The number of benzene rings is 3. The van der Waals surface area contributed by atoms with E-state index in [9.17, 15) is 9.00 Å². The molecule has 0 spiro atoms. The summed E-state index contributed by atoms with van der Waals surface area (Å²) in [5.74, 6) is 0.331. The fraction of sp³-hybridized carbons (Fsp3) is 0.351. The van der Waals surface area contributed by atoms with Gasteiger partial charge < -0.3 is 19.4 Å². The summed E-state index contributed by atoms with van der Waals surface area (Å²) in [6.07, 6.45) is 9.27. The molecule has 3 heterocycles. The quantitative estimate of drug-likeness (QED) is 0.185. The van der Waals surface area contributed by atoms with E-state index < -0.39 is 22.4 Å². The van der Waals surface area contributed by atoms with E-state index in [4.69, 9.17) is 9.47 Å². The van der Waals surface area contributed by atoms with Gasteiger partial charge in [-0.05, 0) is 68.0 Å². The monoisotopic (exact) mass is 659 g/mol. The zero-order valence-corrected chi connectivity index (χ0v) is 27.3. The van der Waals surface area contributed by atoms with Crippen LogP contribution in [0, 0.1) is 11.6 Å². The van der Waals surface area contributed by atoms with E-state index in [-0.39, 0.29) is 28.9 Å². The van der Waals surface area contributed by atoms with Gasteiger partial charge in [0.05, 0.1) is 12.2 Å². The van der Waals surface area contributed by atoms with Crippen LogP contribution in [0.5, 0.6) is 11.5 Å². The van der Waals surface area contributed by atoms with Gasteiger partial charge in [-0.15, -0.1) is 0 Å². The lowest BCUT2D eigenvalue weighted by atomic mass is 9.89. The number of hydrogen-bond acceptors (Lipinski definition) is 5. The predicted octanol–water partition coefficient (Wildman–Crippen LogP) is 8.51. The topological polar surface area (TPSA) is 97.1 Å². The normalized spacial score (nSPS) is 17.6. The number of carbonyl (C=O) groups is 1. The number of rotatable bonds is 5. The van der Waals surface area contributed by atoms with Gasteiger partial charge in [-0.1, -0.05) is 43.5 Å². The van der Waals surface area contributed by atoms with Crippen LogP contribution in [0.25, 0.3) is 22.3 Å². The molecule has 246 valence electrons. The molecule has 5 aromatic rings. The Kier molecular flexibility index (Phi) is 10.5. The molecule has 0 fully saturated rings. The van der Waals surface area contributed by atoms with Crippen molar-refractivity contribution in [2.45, 2.75) is 64.2 Å². The van der Waals surface area contributed by atoms with Crippen molar-refractivity contribution in [3.8, 4) is 22.9 Å². The van der Waals surface area contributed by atoms with E-state index in [1.54, 1.807) is 19.3 Å². The number of H-pyrrole nitrogens is 2. The maximum absolute atomic E-state index is 15.5. The number of ether oxygens (including phenoxy) is 2. The lowest BCUT2D eigenvalue weighted by Crippen LogP contribution is -2.07. The second-order valence-electron chi connectivity index (χ2n) is 11.9. The van der Waals surface area contributed by atoms with Crippen molar-refractivity contribution in [1.82, 2.24) is 15.0 Å². The lowest BCUT2D eigenvalue weighted by Gasteiger charge is -2.17. The standard InChI is InChI=1S/C37H39F2N3O4S/c1-2-45-35(43)14-11-24-8-7-9-25(20-24)27-10-5-3-4-6-18-47(44)19-16-29-28-15-17-40-33(28)22-32(39)36(29)46-26-12-13-31(38)30(21-26)37-41-23-34(27)42-37/h7-9,12-13,15,17,20-23,27,40H,2-6,10-11,14,16,18-19H2,1H3,(H,41,42). The number of imidazole rings is 1. The van der Waals surface area contributed by atoms with Gasteiger partial charge >= 0.3 is 5.97 Å². The Bertz CT molecular complexity index is 1880. The van der Waals surface area contributed by atoms with Crippen LogP contribution in [0.15, 0.2) is 67.0 Å². The first-order chi connectivity index (χ1) is 22.9. The zero-order chi connectivity index (χ0) is 32.8. The summed E-state index contributed by atoms with van der Waals surface area (Å²) < 4.78 is 55.1. The molecule has 0 radical (unpaired) electrons. The van der Waals surface area contributed by atoms with Gasteiger partial charge in [0, 0.05) is 75.3 Å². The third kappa shape index (κ3) is 7.81. The van der Waals surface area contributed by atoms with E-state index in [1.165, 1.54) is 24.3 Å². The lowest BCUT2D eigenvalue weighted by molar-refractivity contribution is -0.143. The number of fused-ring (bicyclic) bond motifs is 8. The molecule has 2 N–H and O–H groups in total. The third-order valence-electron chi connectivity index (χ3n) is 8.72. The molecule has 47 heavy (non-hydrogen) atoms. The number of esters is 1. The average Bonchev–Trinajstić information content (AvgIpc) is 3.74. The predicted molar refractivity (Wildman–Crippen MR) is 180 cm³/mol. The molecule has 0 saturated carbocycles. The largest absolute Gasteiger partial charge is 0.466 e. The fourth-order valence-electron chi connectivity index (χ4n) is 6.33. The first-order valence-corrected chi connectivity index (χ1v) is 17.8. The highest BCUT2D eigenvalue weighted by Gasteiger charge is 2.22. The second-order valence-corrected chi connectivity index (χ2v) is 13.6. The molecule has 3 aromatic carbocycles. The molecule has 0 amide bonds. The van der Waals surface area contributed by atoms with E-state index in [1.807, 2.05) is 18.2 Å². The Morgan fingerprint density at radius 1 is 1.04 bits per heavy atom. The molecule has 1 aliphatic heterocycles. The van der Waals surface area contributed by atoms with Crippen LogP contribution in [-0.4, -0.2) is 43.2 Å². The Balaban J connectivity index is 1.35. The van der Waals surface area contributed by atoms with Crippen LogP contribution in [0.2, 0.25) is 0 Å². The average molecular weight is 660 g/mol. The summed E-state index contributed by atoms with van der Waals surface area (Å²) >= 11 is 0. The second kappa shape index (κ2) is 15.1. The summed E-state index contributed by atoms with van der Waals surface area (Å²) in [4.78, 5) is 23.0. The molecule has 0 saturated heterocycles. The molecule has 10 heteroatoms. The van der Waals surface area contributed by atoms with Crippen LogP contribution >= 0.6 is 0 Å². The number of halogens is 2. The molecule has 2 atom stereocenters. The van der Waals surface area contributed by atoms with E-state index in [0.29, 0.717) is 54.3 Å². The Hall–Kier alpha value is -4.31. The number of aromatic amines is 2. The molecule has 0 aliphatic carbocycles. The minimum Gasteiger partial charge on any atom is -0.466 e. The van der Waals surface area contributed by atoms with Crippen molar-refractivity contribution < 1.29 is 27.3 Å². The van der Waals surface area contributed by atoms with Crippen LogP contribution in [0.4, 0.5) is 8.78 Å². The van der Waals surface area contributed by atoms with Crippen LogP contribution in [0.1, 0.15) is 73.8 Å². The highest BCUT2D eigenvalue weighted by Crippen LogP contribution is 2.37. The molecule has 4 bridgehead atoms. The summed E-state index contributed by atoms with van der Waals surface area (Å²) in [7, 11) is -1.07. The van der Waals surface area contributed by atoms with Crippen LogP contribution in [0.3, 0.4) is 0 Å². The number of aromatic nitrogens is 3. The Labute approximate surface area is 275 Å². The number of carbonyl (C=O) groups excluding carboxylic acids is 1. The van der Waals surface area contributed by atoms with Crippen molar-refractivity contribution in [3.05, 3.63) is 101 Å². The van der Waals surface area contributed by atoms with Crippen molar-refractivity contribution in [1.29, 1.82) is 0 Å². The van der Waals surface area contributed by atoms with Gasteiger partial charge in [-0.25, -0.2) is 13.8 Å². The van der Waals surface area contributed by atoms with E-state index >= 15 is 8.78 Å². The minimum atomic E-state index is -1.07. The Morgan fingerprint density at radius 2 is 1.91 bits per heavy atom. The van der Waals surface area contributed by atoms with Gasteiger partial charge in [0.1, 0.15) is 17.4 Å². The number of nitrogens with zero attached hydrogens (tertiary/aromatic N) is 1. The van der Waals surface area contributed by atoms with Crippen LogP contribution in [-0.2, 0) is 33.2 Å². The van der Waals surface area contributed by atoms with Crippen molar-refractivity contribution >= 4 is 27.7 Å². The first kappa shape index (κ1) is 32.6. The number of nitrogens with one attached hydrogen (secondary N) is 2. The Morgan fingerprint density at radius 3 is 2.79 bits per heavy atom. The van der Waals surface area contributed by atoms with Gasteiger partial charge in [0.2, 0.25) is 0 Å². The molecular weight excluding hydrogens is 620 g/mol. The van der Waals surface area contributed by atoms with E-state index in [0.717, 1.165) is 54.3 Å². The number of hydrogen-bond donors (Lipinski definition) is 2. The maximum Gasteiger partial charge on any atom is 0.306 e. The maximum atomic E-state index is 15.5. The van der Waals surface area contributed by atoms with E-state index in [2.05, 4.69) is 27.1 Å². The van der Waals surface area contributed by atoms with Gasteiger partial charge in [0.25, 0.3) is 0 Å². The van der Waals surface area contributed by atoms with Gasteiger partial charge in [-0.3, -0.25) is 9.00 Å². The van der Waals surface area contributed by atoms with Crippen molar-refractivity contribution in [3.63, 3.8) is 0 Å². The summed E-state index contributed by atoms with van der Waals surface area (Å²) in [6, 6.07) is 15.7. The van der Waals surface area contributed by atoms with Crippen molar-refractivity contribution in [2.24, 2.45) is 0 Å². The molecule has 2 aromatic heterocycles. The first-order valence-electron chi connectivity index (χ1n) is 16.3. The summed E-state index contributed by atoms with van der Waals surface area (Å²) in [5.41, 5.74) is 4.43. The smallest absolute Gasteiger partial charge is 0.306 e. The highest BCUT2D eigenvalue weighted by molar-refractivity contribution is 7.84. The van der Waals surface area contributed by atoms with Gasteiger partial charge in [0.15, 0.2) is 11.6 Å². The zero-order valence-electron chi connectivity index (χ0n) is 26.5. The molecule has 2 unspecified atom stereocenters. The SMILES string of the molecule is CCOC(=O)CCc1cccc(C2CCCCCCS(=O)CCc3c(c(F)cc4[nH]ccc34)Oc3ccc(F)c(c3)-c3ncc2[nH]3)c1. The highest BCUT2D eigenvalue weighted by atomic mass is 32.2. The van der Waals surface area contributed by atoms with Crippen molar-refractivity contribution in [2.75, 3.05) is 18.1 Å². The molecular formula is C37H39F2N3O4S. The molecule has 7 nitrogen and oxygen atoms in total. The molecule has 6 rings (SSSR count). The minimum absolute atomic E-state index is 0.0396. The summed E-state index contributed by atoms with van der Waals surface area (Å²) in [5, 5.41) is 0.804. The van der Waals surface area contributed by atoms with Crippen LogP contribution < -0.4 is 4.74 Å². The summed E-state index contributed by atoms with van der Waals surface area (Å²) in [6.45, 7) is 2.15. The molecule has 1 aliphatic rings. The van der Waals surface area contributed by atoms with Gasteiger partial charge in [-0.2, -0.15) is 0 Å². The fourth-order valence-corrected chi connectivity index (χ4v) is 7.49. The third-order valence-corrected chi connectivity index (χ3v) is 10.1. The number of aryl methyl sites for hydroxylation is 2.